The summed E-state index contributed by atoms with van der Waals surface area (Å²) in [6.07, 6.45) is 2.59. The molecule has 1 aromatic rings. The Hall–Kier alpha value is -2.14. The number of nitrogens with zero attached hydrogens (tertiary/aromatic N) is 1. The van der Waals surface area contributed by atoms with Gasteiger partial charge in [0, 0.05) is 6.42 Å². The Morgan fingerprint density at radius 2 is 1.73 bits per heavy atom. The van der Waals surface area contributed by atoms with Crippen molar-refractivity contribution in [3.05, 3.63) is 15.4 Å². The van der Waals surface area contributed by atoms with Gasteiger partial charge in [0.2, 0.25) is 13.6 Å². The zero-order chi connectivity index (χ0) is 23.7. The van der Waals surface area contributed by atoms with Crippen LogP contribution < -0.4 is 9.88 Å². The third-order valence-corrected chi connectivity index (χ3v) is 7.38. The highest BCUT2D eigenvalue weighted by Gasteiger charge is 2.31. The summed E-state index contributed by atoms with van der Waals surface area (Å²) in [5.41, 5.74) is 3.12. The van der Waals surface area contributed by atoms with Crippen molar-refractivity contribution in [3.8, 4) is 0 Å². The van der Waals surface area contributed by atoms with E-state index in [1.165, 1.54) is 16.9 Å². The number of carbonyl (C=O) groups is 2. The van der Waals surface area contributed by atoms with Crippen molar-refractivity contribution in [1.29, 1.82) is 0 Å². The van der Waals surface area contributed by atoms with Crippen LogP contribution in [-0.2, 0) is 37.3 Å². The van der Waals surface area contributed by atoms with Crippen LogP contribution in [0.4, 0.5) is 9.59 Å². The van der Waals surface area contributed by atoms with Crippen LogP contribution in [0.1, 0.15) is 46.0 Å². The van der Waals surface area contributed by atoms with Crippen molar-refractivity contribution in [3.63, 3.8) is 0 Å². The molecule has 0 spiro atoms. The second kappa shape index (κ2) is 12.4. The molecule has 1 atom stereocenters. The van der Waals surface area contributed by atoms with E-state index in [0.717, 1.165) is 35.6 Å². The van der Waals surface area contributed by atoms with E-state index in [9.17, 15) is 14.2 Å². The summed E-state index contributed by atoms with van der Waals surface area (Å²) >= 11 is 1.46. The molecule has 0 radical (unpaired) electrons. The van der Waals surface area contributed by atoms with Crippen LogP contribution in [0.25, 0.3) is 11.3 Å². The summed E-state index contributed by atoms with van der Waals surface area (Å²) in [7, 11) is -4.00. The molecule has 0 aromatic carbocycles. The SMILES string of the molecule is CCOC(=O)OCOP(=O)(COC1=c2scnc2=C2CCCCC2C1)OCOC(=O)OCC. The van der Waals surface area contributed by atoms with Gasteiger partial charge in [-0.15, -0.1) is 11.3 Å². The largest absolute Gasteiger partial charge is 0.510 e. The number of hydrogen-bond donors (Lipinski definition) is 0. The quantitative estimate of drug-likeness (QED) is 0.249. The van der Waals surface area contributed by atoms with Crippen molar-refractivity contribution in [2.75, 3.05) is 33.1 Å². The summed E-state index contributed by atoms with van der Waals surface area (Å²) in [4.78, 5) is 27.2. The number of ether oxygens (including phenoxy) is 5. The molecular formula is C20H28NO10PS. The second-order valence-electron chi connectivity index (χ2n) is 7.16. The van der Waals surface area contributed by atoms with Crippen LogP contribution in [0, 0.1) is 5.92 Å². The van der Waals surface area contributed by atoms with Gasteiger partial charge >= 0.3 is 19.9 Å². The number of aromatic nitrogens is 1. The lowest BCUT2D eigenvalue weighted by Gasteiger charge is -2.28. The zero-order valence-electron chi connectivity index (χ0n) is 18.6. The second-order valence-corrected chi connectivity index (χ2v) is 10.0. The lowest BCUT2D eigenvalue weighted by molar-refractivity contribution is -0.0223. The van der Waals surface area contributed by atoms with E-state index in [2.05, 4.69) is 14.5 Å². The first-order chi connectivity index (χ1) is 16.0. The summed E-state index contributed by atoms with van der Waals surface area (Å²) in [5, 5.41) is 0.943. The monoisotopic (exact) mass is 505 g/mol. The maximum atomic E-state index is 13.2. The molecule has 1 unspecified atom stereocenters. The highest BCUT2D eigenvalue weighted by atomic mass is 32.1. The lowest BCUT2D eigenvalue weighted by atomic mass is 9.80. The number of thiazole rings is 1. The van der Waals surface area contributed by atoms with E-state index in [-0.39, 0.29) is 13.2 Å². The first-order valence-electron chi connectivity index (χ1n) is 10.7. The summed E-state index contributed by atoms with van der Waals surface area (Å²) in [6, 6.07) is 0. The van der Waals surface area contributed by atoms with Crippen molar-refractivity contribution in [2.24, 2.45) is 5.92 Å². The lowest BCUT2D eigenvalue weighted by Crippen LogP contribution is -2.35. The predicted octanol–water partition coefficient (Wildman–Crippen LogP) is 3.46. The van der Waals surface area contributed by atoms with Gasteiger partial charge in [-0.05, 0) is 44.6 Å². The molecule has 0 amide bonds. The molecule has 0 bridgehead atoms. The van der Waals surface area contributed by atoms with Gasteiger partial charge in [0.15, 0.2) is 6.35 Å². The van der Waals surface area contributed by atoms with Crippen LogP contribution in [0.2, 0.25) is 0 Å². The Kier molecular flexibility index (Phi) is 9.54. The van der Waals surface area contributed by atoms with Gasteiger partial charge in [-0.2, -0.15) is 0 Å². The number of hydrogen-bond acceptors (Lipinski definition) is 12. The molecule has 1 heterocycles. The maximum absolute atomic E-state index is 13.2. The van der Waals surface area contributed by atoms with E-state index >= 15 is 0 Å². The summed E-state index contributed by atoms with van der Waals surface area (Å²) in [6.45, 7) is 2.06. The molecule has 1 fully saturated rings. The smallest absolute Gasteiger partial charge is 0.484 e. The van der Waals surface area contributed by atoms with E-state index in [0.29, 0.717) is 18.1 Å². The zero-order valence-corrected chi connectivity index (χ0v) is 20.3. The third-order valence-electron chi connectivity index (χ3n) is 5.07. The van der Waals surface area contributed by atoms with Crippen LogP contribution >= 0.6 is 18.9 Å². The maximum Gasteiger partial charge on any atom is 0.510 e. The number of carbonyl (C=O) groups excluding carboxylic acids is 2. The summed E-state index contributed by atoms with van der Waals surface area (Å²) < 4.78 is 49.1. The molecule has 2 aliphatic rings. The fourth-order valence-corrected chi connectivity index (χ4v) is 5.43. The molecule has 11 nitrogen and oxygen atoms in total. The van der Waals surface area contributed by atoms with Gasteiger partial charge < -0.3 is 23.7 Å². The Morgan fingerprint density at radius 1 is 1.06 bits per heavy atom. The Balaban J connectivity index is 1.69. The Morgan fingerprint density at radius 3 is 2.36 bits per heavy atom. The van der Waals surface area contributed by atoms with E-state index in [1.807, 2.05) is 0 Å². The molecular weight excluding hydrogens is 477 g/mol. The Labute approximate surface area is 195 Å². The van der Waals surface area contributed by atoms with Crippen LogP contribution in [0.5, 0.6) is 0 Å². The standard InChI is InChI=1S/C20H28NO10PS/c1-3-25-19(22)27-11-30-32(24,31-12-28-20(23)26-4-2)13-29-16-9-14-7-5-6-8-15(14)17-18(16)33-10-21-17/h10,14H,3-9,11-13H2,1-2H3. The average Bonchev–Trinajstić information content (AvgIpc) is 3.28. The number of fused-ring (bicyclic) bond motifs is 2. The van der Waals surface area contributed by atoms with Crippen LogP contribution in [0.15, 0.2) is 5.51 Å². The molecule has 184 valence electrons. The van der Waals surface area contributed by atoms with Crippen molar-refractivity contribution in [1.82, 2.24) is 4.98 Å². The first kappa shape index (κ1) is 25.5. The average molecular weight is 505 g/mol. The van der Waals surface area contributed by atoms with Gasteiger partial charge in [0.25, 0.3) is 0 Å². The molecule has 0 N–H and O–H groups in total. The van der Waals surface area contributed by atoms with E-state index in [4.69, 9.17) is 23.3 Å². The Bertz CT molecular complexity index is 965. The first-order valence-corrected chi connectivity index (χ1v) is 13.3. The molecule has 1 saturated carbocycles. The van der Waals surface area contributed by atoms with E-state index < -0.39 is 39.8 Å². The normalized spacial score (nSPS) is 17.6. The minimum absolute atomic E-state index is 0.110. The van der Waals surface area contributed by atoms with Gasteiger partial charge in [-0.1, -0.05) is 6.42 Å². The number of rotatable bonds is 11. The van der Waals surface area contributed by atoms with Crippen LogP contribution in [-0.4, -0.2) is 50.4 Å². The minimum Gasteiger partial charge on any atom is -0.484 e. The van der Waals surface area contributed by atoms with Gasteiger partial charge in [-0.3, -0.25) is 13.6 Å². The molecule has 2 aliphatic carbocycles. The highest BCUT2D eigenvalue weighted by Crippen LogP contribution is 2.49. The molecule has 0 aliphatic heterocycles. The molecule has 33 heavy (non-hydrogen) atoms. The minimum atomic E-state index is -4.00. The fraction of sp³-hybridized carbons (Fsp3) is 0.650. The third kappa shape index (κ3) is 7.17. The molecule has 3 rings (SSSR count). The van der Waals surface area contributed by atoms with Gasteiger partial charge in [-0.25, -0.2) is 14.6 Å². The topological polar surface area (TPSA) is 129 Å². The molecule has 1 aromatic heterocycles. The van der Waals surface area contributed by atoms with Crippen molar-refractivity contribution < 1.29 is 46.9 Å². The van der Waals surface area contributed by atoms with Crippen LogP contribution in [0.3, 0.4) is 0 Å². The summed E-state index contributed by atoms with van der Waals surface area (Å²) in [5.74, 6) is 0.997. The predicted molar refractivity (Wildman–Crippen MR) is 116 cm³/mol. The molecule has 0 saturated heterocycles. The van der Waals surface area contributed by atoms with Crippen molar-refractivity contribution in [2.45, 2.75) is 46.0 Å². The van der Waals surface area contributed by atoms with E-state index in [1.54, 1.807) is 19.4 Å². The fourth-order valence-electron chi connectivity index (χ4n) is 3.63. The van der Waals surface area contributed by atoms with Gasteiger partial charge in [0.05, 0.1) is 28.6 Å². The molecule has 13 heteroatoms. The van der Waals surface area contributed by atoms with Crippen molar-refractivity contribution >= 4 is 42.6 Å². The highest BCUT2D eigenvalue weighted by molar-refractivity contribution is 7.53. The van der Waals surface area contributed by atoms with Gasteiger partial charge in [0.1, 0.15) is 5.76 Å².